The lowest BCUT2D eigenvalue weighted by Crippen LogP contribution is -2.69. The van der Waals surface area contributed by atoms with Crippen LogP contribution in [0.5, 0.6) is 0 Å². The Balaban J connectivity index is 1.32. The lowest BCUT2D eigenvalue weighted by molar-refractivity contribution is -0.129. The van der Waals surface area contributed by atoms with Gasteiger partial charge >= 0.3 is 0 Å². The Kier molecular flexibility index (Phi) is 6.52. The van der Waals surface area contributed by atoms with Crippen LogP contribution in [0.25, 0.3) is 0 Å². The number of carbonyl (C=O) groups is 1. The second-order valence-corrected chi connectivity index (χ2v) is 10.9. The first kappa shape index (κ1) is 23.0. The number of likely N-dealkylation sites (tertiary alicyclic amines) is 1. The van der Waals surface area contributed by atoms with E-state index < -0.39 is 17.7 Å². The molecule has 0 aromatic carbocycles. The number of amides is 1. The van der Waals surface area contributed by atoms with Gasteiger partial charge in [-0.05, 0) is 32.1 Å². The maximum atomic E-state index is 14.3. The van der Waals surface area contributed by atoms with Gasteiger partial charge in [0.2, 0.25) is 0 Å². The molecule has 4 fully saturated rings. The molecule has 180 valence electrons. The highest BCUT2D eigenvalue weighted by Crippen LogP contribution is 2.41. The lowest BCUT2D eigenvalue weighted by atomic mass is 9.80. The van der Waals surface area contributed by atoms with Crippen molar-refractivity contribution in [3.05, 3.63) is 11.6 Å². The zero-order valence-corrected chi connectivity index (χ0v) is 19.2. The molecule has 1 amide bonds. The van der Waals surface area contributed by atoms with E-state index in [4.69, 9.17) is 17.3 Å². The lowest BCUT2D eigenvalue weighted by Gasteiger charge is -2.48. The Bertz CT molecular complexity index is 742. The molecule has 0 radical (unpaired) electrons. The third kappa shape index (κ3) is 4.58. The largest absolute Gasteiger partial charge is 0.390 e. The van der Waals surface area contributed by atoms with Crippen LogP contribution in [0.15, 0.2) is 11.6 Å². The Morgan fingerprint density at radius 2 is 2.16 bits per heavy atom. The third-order valence-corrected chi connectivity index (χ3v) is 8.43. The number of hydrogen-bond donors (Lipinski definition) is 6. The molecule has 8 nitrogen and oxygen atoms in total. The van der Waals surface area contributed by atoms with Crippen LogP contribution >= 0.6 is 11.6 Å². The van der Waals surface area contributed by atoms with Crippen molar-refractivity contribution in [3.63, 3.8) is 0 Å². The molecule has 3 heterocycles. The van der Waals surface area contributed by atoms with Gasteiger partial charge in [0, 0.05) is 62.0 Å². The van der Waals surface area contributed by atoms with Crippen LogP contribution in [-0.2, 0) is 4.79 Å². The van der Waals surface area contributed by atoms with Crippen molar-refractivity contribution in [1.29, 1.82) is 0 Å². The van der Waals surface area contributed by atoms with E-state index in [1.54, 1.807) is 0 Å². The summed E-state index contributed by atoms with van der Waals surface area (Å²) in [6, 6.07) is -0.424. The molecule has 8 atom stereocenters. The molecule has 6 unspecified atom stereocenters. The van der Waals surface area contributed by atoms with E-state index >= 15 is 0 Å². The van der Waals surface area contributed by atoms with Gasteiger partial charge in [0.25, 0.3) is 5.91 Å². The molecule has 2 aliphatic carbocycles. The summed E-state index contributed by atoms with van der Waals surface area (Å²) in [7, 11) is 0. The quantitative estimate of drug-likeness (QED) is 0.234. The number of halogens is 2. The second kappa shape index (κ2) is 9.09. The van der Waals surface area contributed by atoms with Gasteiger partial charge in [0.05, 0.1) is 18.4 Å². The average molecular weight is 471 g/mol. The molecule has 0 spiro atoms. The summed E-state index contributed by atoms with van der Waals surface area (Å²) in [4.78, 5) is 14.7. The summed E-state index contributed by atoms with van der Waals surface area (Å²) >= 11 is 6.45. The van der Waals surface area contributed by atoms with Gasteiger partial charge in [-0.3, -0.25) is 15.0 Å². The summed E-state index contributed by atoms with van der Waals surface area (Å²) in [6.45, 7) is 3.73. The topological polar surface area (TPSA) is 115 Å². The number of nitrogens with one attached hydrogen (secondary N) is 4. The number of β-amino-alcohol motifs (C(OH)–C–C–N with tert-alkyl or cyclic N) is 1. The summed E-state index contributed by atoms with van der Waals surface area (Å²) in [5, 5.41) is 24.1. The maximum absolute atomic E-state index is 14.3. The highest BCUT2D eigenvalue weighted by Gasteiger charge is 2.52. The van der Waals surface area contributed by atoms with E-state index in [-0.39, 0.29) is 41.6 Å². The van der Waals surface area contributed by atoms with Crippen LogP contribution in [0.3, 0.4) is 0 Å². The fraction of sp³-hybridized carbons (Fsp3) is 0.864. The minimum Gasteiger partial charge on any atom is -0.390 e. The number of aliphatic hydroxyl groups excluding tert-OH is 1. The molecule has 5 aliphatic rings. The number of nitrogens with zero attached hydrogens (tertiary/aromatic N) is 1. The SMILES string of the molecule is N[C@@H]1CN(C2NC(C3CCC(Cl)CC3NC(=O)C3(F)CC3)NCC2C2=CCNC2)C[C@H]1O. The van der Waals surface area contributed by atoms with Crippen LogP contribution in [0.1, 0.15) is 32.1 Å². The predicted molar refractivity (Wildman–Crippen MR) is 121 cm³/mol. The summed E-state index contributed by atoms with van der Waals surface area (Å²) < 4.78 is 14.3. The molecular weight excluding hydrogens is 435 g/mol. The third-order valence-electron chi connectivity index (χ3n) is 8.04. The molecule has 2 saturated heterocycles. The standard InChI is InChI=1S/C22H36ClFN6O2/c23-13-1-2-14(17(7-13)28-21(32)22(24)4-5-22)19-27-9-15(12-3-6-26-8-12)20(29-19)30-10-16(25)18(31)11-30/h3,13-20,26-27,29,31H,1-2,4-11,25H2,(H,28,32)/t13?,14?,15?,16-,17?,18-,19?,20?/m1/s1. The van der Waals surface area contributed by atoms with Crippen molar-refractivity contribution in [2.24, 2.45) is 17.6 Å². The Morgan fingerprint density at radius 3 is 2.81 bits per heavy atom. The van der Waals surface area contributed by atoms with Crippen molar-refractivity contribution in [2.75, 3.05) is 32.7 Å². The van der Waals surface area contributed by atoms with Gasteiger partial charge in [-0.1, -0.05) is 11.6 Å². The molecule has 7 N–H and O–H groups in total. The number of hydrogen-bond acceptors (Lipinski definition) is 7. The molecule has 10 heteroatoms. The average Bonchev–Trinajstić information content (AvgIpc) is 3.16. The first-order valence-electron chi connectivity index (χ1n) is 12.0. The fourth-order valence-corrected chi connectivity index (χ4v) is 6.20. The van der Waals surface area contributed by atoms with E-state index in [2.05, 4.69) is 32.2 Å². The highest BCUT2D eigenvalue weighted by molar-refractivity contribution is 6.20. The molecule has 0 aromatic heterocycles. The van der Waals surface area contributed by atoms with Crippen LogP contribution in [0, 0.1) is 11.8 Å². The second-order valence-electron chi connectivity index (χ2n) is 10.3. The van der Waals surface area contributed by atoms with Gasteiger partial charge < -0.3 is 26.8 Å². The van der Waals surface area contributed by atoms with Crippen molar-refractivity contribution in [3.8, 4) is 0 Å². The Labute approximate surface area is 193 Å². The monoisotopic (exact) mass is 470 g/mol. The van der Waals surface area contributed by atoms with Crippen molar-refractivity contribution >= 4 is 17.5 Å². The Morgan fingerprint density at radius 1 is 1.34 bits per heavy atom. The molecule has 0 aromatic rings. The van der Waals surface area contributed by atoms with Gasteiger partial charge in [-0.15, -0.1) is 11.6 Å². The summed E-state index contributed by atoms with van der Waals surface area (Å²) in [6.07, 6.45) is 4.72. The zero-order chi connectivity index (χ0) is 22.5. The van der Waals surface area contributed by atoms with Gasteiger partial charge in [0.1, 0.15) is 0 Å². The van der Waals surface area contributed by atoms with E-state index in [0.29, 0.717) is 32.4 Å². The van der Waals surface area contributed by atoms with Crippen LogP contribution in [0.4, 0.5) is 4.39 Å². The highest BCUT2D eigenvalue weighted by atomic mass is 35.5. The first-order valence-corrected chi connectivity index (χ1v) is 12.5. The molecular formula is C22H36ClFN6O2. The van der Waals surface area contributed by atoms with E-state index in [1.165, 1.54) is 5.57 Å². The smallest absolute Gasteiger partial charge is 0.257 e. The zero-order valence-electron chi connectivity index (χ0n) is 18.4. The molecule has 0 bridgehead atoms. The molecule has 2 saturated carbocycles. The number of rotatable bonds is 5. The maximum Gasteiger partial charge on any atom is 0.257 e. The molecule has 5 rings (SSSR count). The van der Waals surface area contributed by atoms with Crippen molar-refractivity contribution in [2.45, 2.75) is 73.7 Å². The van der Waals surface area contributed by atoms with Gasteiger partial charge in [-0.25, -0.2) is 4.39 Å². The van der Waals surface area contributed by atoms with Crippen LogP contribution < -0.4 is 27.0 Å². The Hall–Kier alpha value is -0.810. The van der Waals surface area contributed by atoms with Crippen LogP contribution in [0.2, 0.25) is 0 Å². The number of nitrogens with two attached hydrogens (primary N) is 1. The first-order chi connectivity index (χ1) is 15.3. The normalized spacial score (nSPS) is 44.3. The minimum atomic E-state index is -1.69. The van der Waals surface area contributed by atoms with Crippen LogP contribution in [-0.4, -0.2) is 90.2 Å². The number of aliphatic hydroxyl groups is 1. The van der Waals surface area contributed by atoms with Crippen molar-refractivity contribution in [1.82, 2.24) is 26.2 Å². The van der Waals surface area contributed by atoms with E-state index in [9.17, 15) is 14.3 Å². The van der Waals surface area contributed by atoms with E-state index in [0.717, 1.165) is 32.5 Å². The van der Waals surface area contributed by atoms with E-state index in [1.807, 2.05) is 0 Å². The fourth-order valence-electron chi connectivity index (χ4n) is 5.88. The van der Waals surface area contributed by atoms with Gasteiger partial charge in [0.15, 0.2) is 5.67 Å². The molecule has 3 aliphatic heterocycles. The predicted octanol–water partition coefficient (Wildman–Crippen LogP) is -0.625. The number of carbonyl (C=O) groups excluding carboxylic acids is 1. The van der Waals surface area contributed by atoms with Gasteiger partial charge in [-0.2, -0.15) is 0 Å². The summed E-state index contributed by atoms with van der Waals surface area (Å²) in [5.74, 6) is -0.118. The number of alkyl halides is 2. The minimum absolute atomic E-state index is 0.0140. The summed E-state index contributed by atoms with van der Waals surface area (Å²) in [5.41, 5.74) is 5.81. The molecule has 32 heavy (non-hydrogen) atoms. The van der Waals surface area contributed by atoms with Crippen molar-refractivity contribution < 1.29 is 14.3 Å².